The van der Waals surface area contributed by atoms with Crippen LogP contribution >= 0.6 is 0 Å². The summed E-state index contributed by atoms with van der Waals surface area (Å²) in [5.74, 6) is 0.0168. The molecule has 0 atom stereocenters. The van der Waals surface area contributed by atoms with E-state index in [0.717, 1.165) is 55.1 Å². The van der Waals surface area contributed by atoms with E-state index >= 15 is 0 Å². The van der Waals surface area contributed by atoms with Crippen LogP contribution in [0.5, 0.6) is 0 Å². The topological polar surface area (TPSA) is 34.1 Å². The van der Waals surface area contributed by atoms with Gasteiger partial charge in [0.2, 0.25) is 0 Å². The van der Waals surface area contributed by atoms with Crippen LogP contribution in [0.4, 0.5) is 0 Å². The van der Waals surface area contributed by atoms with E-state index in [0.29, 0.717) is 11.1 Å². The molecule has 0 unspecified atom stereocenters. The van der Waals surface area contributed by atoms with E-state index in [1.807, 2.05) is 54.6 Å². The van der Waals surface area contributed by atoms with E-state index in [-0.39, 0.29) is 5.78 Å². The Balaban J connectivity index is 2.09. The van der Waals surface area contributed by atoms with Crippen LogP contribution in [0.3, 0.4) is 0 Å². The number of benzene rings is 2. The first-order chi connectivity index (χ1) is 11.3. The van der Waals surface area contributed by atoms with E-state index < -0.39 is 0 Å². The van der Waals surface area contributed by atoms with E-state index in [1.54, 1.807) is 0 Å². The third-order valence-electron chi connectivity index (χ3n) is 4.44. The fourth-order valence-corrected chi connectivity index (χ4v) is 3.23. The van der Waals surface area contributed by atoms with Crippen LogP contribution < -0.4 is 0 Å². The maximum atomic E-state index is 12.9. The van der Waals surface area contributed by atoms with E-state index in [1.165, 1.54) is 0 Å². The van der Waals surface area contributed by atoms with E-state index in [4.69, 9.17) is 0 Å². The number of ketones is 1. The molecule has 0 bridgehead atoms. The molecule has 23 heavy (non-hydrogen) atoms. The summed E-state index contributed by atoms with van der Waals surface area (Å²) in [6, 6.07) is 17.0. The van der Waals surface area contributed by atoms with Gasteiger partial charge < -0.3 is 0 Å². The second kappa shape index (κ2) is 7.19. The average molecular weight is 304 g/mol. The molecular formula is C21H20O2. The van der Waals surface area contributed by atoms with Crippen LogP contribution in [0.2, 0.25) is 0 Å². The molecule has 1 aliphatic rings. The van der Waals surface area contributed by atoms with Crippen molar-refractivity contribution in [1.82, 2.24) is 0 Å². The SMILES string of the molecule is O=CC1=C(c2ccccc2C(=O)c2ccccc2)CCCCC1. The first-order valence-electron chi connectivity index (χ1n) is 8.17. The molecule has 2 nitrogen and oxygen atoms in total. The minimum Gasteiger partial charge on any atom is -0.298 e. The molecule has 0 aliphatic heterocycles. The zero-order chi connectivity index (χ0) is 16.1. The third-order valence-corrected chi connectivity index (χ3v) is 4.44. The van der Waals surface area contributed by atoms with Gasteiger partial charge in [-0.05, 0) is 42.4 Å². The Morgan fingerprint density at radius 1 is 0.826 bits per heavy atom. The smallest absolute Gasteiger partial charge is 0.193 e. The number of hydrogen-bond donors (Lipinski definition) is 0. The van der Waals surface area contributed by atoms with Gasteiger partial charge in [-0.1, -0.05) is 61.0 Å². The lowest BCUT2D eigenvalue weighted by Crippen LogP contribution is -2.06. The molecule has 1 aliphatic carbocycles. The lowest BCUT2D eigenvalue weighted by Gasteiger charge is -2.13. The maximum Gasteiger partial charge on any atom is 0.193 e. The minimum absolute atomic E-state index is 0.0168. The predicted molar refractivity (Wildman–Crippen MR) is 92.4 cm³/mol. The predicted octanol–water partition coefficient (Wildman–Crippen LogP) is 4.83. The monoisotopic (exact) mass is 304 g/mol. The summed E-state index contributed by atoms with van der Waals surface area (Å²) in [5.41, 5.74) is 4.20. The Hall–Kier alpha value is -2.48. The molecule has 2 aromatic rings. The summed E-state index contributed by atoms with van der Waals surface area (Å²) in [7, 11) is 0. The molecule has 0 heterocycles. The Kier molecular flexibility index (Phi) is 4.82. The Labute approximate surface area is 136 Å². The van der Waals surface area contributed by atoms with Gasteiger partial charge in [-0.2, -0.15) is 0 Å². The van der Waals surface area contributed by atoms with Gasteiger partial charge in [0.25, 0.3) is 0 Å². The molecule has 3 rings (SSSR count). The molecule has 0 saturated heterocycles. The zero-order valence-corrected chi connectivity index (χ0v) is 13.1. The first kappa shape index (κ1) is 15.4. The Morgan fingerprint density at radius 2 is 1.52 bits per heavy atom. The summed E-state index contributed by atoms with van der Waals surface area (Å²) in [6.45, 7) is 0. The standard InChI is InChI=1S/C21H20O2/c22-15-17-11-5-2-6-12-18(17)19-13-7-8-14-20(19)21(23)16-9-3-1-4-10-16/h1,3-4,7-10,13-15H,2,5-6,11-12H2. The van der Waals surface area contributed by atoms with Crippen molar-refractivity contribution in [3.8, 4) is 0 Å². The number of aldehydes is 1. The molecule has 0 radical (unpaired) electrons. The first-order valence-corrected chi connectivity index (χ1v) is 8.17. The summed E-state index contributed by atoms with van der Waals surface area (Å²) < 4.78 is 0. The average Bonchev–Trinajstić information content (AvgIpc) is 2.87. The second-order valence-corrected chi connectivity index (χ2v) is 5.92. The van der Waals surface area contributed by atoms with Crippen LogP contribution in [-0.4, -0.2) is 12.1 Å². The molecule has 0 amide bonds. The largest absolute Gasteiger partial charge is 0.298 e. The van der Waals surface area contributed by atoms with Crippen LogP contribution in [0.1, 0.15) is 53.6 Å². The van der Waals surface area contributed by atoms with Gasteiger partial charge in [-0.3, -0.25) is 9.59 Å². The van der Waals surface area contributed by atoms with Gasteiger partial charge in [0.15, 0.2) is 5.78 Å². The minimum atomic E-state index is 0.0168. The van der Waals surface area contributed by atoms with Crippen molar-refractivity contribution in [1.29, 1.82) is 0 Å². The molecule has 0 aromatic heterocycles. The fourth-order valence-electron chi connectivity index (χ4n) is 3.23. The van der Waals surface area contributed by atoms with Gasteiger partial charge >= 0.3 is 0 Å². The van der Waals surface area contributed by atoms with Crippen molar-refractivity contribution >= 4 is 17.6 Å². The van der Waals surface area contributed by atoms with Gasteiger partial charge in [0.1, 0.15) is 6.29 Å². The normalized spacial score (nSPS) is 15.1. The van der Waals surface area contributed by atoms with Gasteiger partial charge in [0, 0.05) is 11.1 Å². The lowest BCUT2D eigenvalue weighted by atomic mass is 9.89. The van der Waals surface area contributed by atoms with Crippen LogP contribution in [0, 0.1) is 0 Å². The van der Waals surface area contributed by atoms with Gasteiger partial charge in [0.05, 0.1) is 0 Å². The van der Waals surface area contributed by atoms with Crippen LogP contribution in [-0.2, 0) is 4.79 Å². The Morgan fingerprint density at radius 3 is 2.30 bits per heavy atom. The van der Waals surface area contributed by atoms with Gasteiger partial charge in [-0.25, -0.2) is 0 Å². The summed E-state index contributed by atoms with van der Waals surface area (Å²) >= 11 is 0. The fraction of sp³-hybridized carbons (Fsp3) is 0.238. The highest BCUT2D eigenvalue weighted by Gasteiger charge is 2.19. The van der Waals surface area contributed by atoms with E-state index in [2.05, 4.69) is 0 Å². The van der Waals surface area contributed by atoms with E-state index in [9.17, 15) is 9.59 Å². The van der Waals surface area contributed by atoms with Crippen molar-refractivity contribution in [2.24, 2.45) is 0 Å². The molecule has 2 heteroatoms. The third kappa shape index (κ3) is 3.31. The number of carbonyl (C=O) groups excluding carboxylic acids is 2. The van der Waals surface area contributed by atoms with Crippen LogP contribution in [0.15, 0.2) is 60.2 Å². The summed E-state index contributed by atoms with van der Waals surface area (Å²) in [6.07, 6.45) is 5.91. The van der Waals surface area contributed by atoms with Crippen LogP contribution in [0.25, 0.3) is 5.57 Å². The molecular weight excluding hydrogens is 284 g/mol. The number of hydrogen-bond acceptors (Lipinski definition) is 2. The quantitative estimate of drug-likeness (QED) is 0.598. The second-order valence-electron chi connectivity index (χ2n) is 5.92. The number of allylic oxidation sites excluding steroid dienone is 2. The number of carbonyl (C=O) groups is 2. The van der Waals surface area contributed by atoms with Crippen molar-refractivity contribution in [2.45, 2.75) is 32.1 Å². The molecule has 0 N–H and O–H groups in total. The molecule has 0 spiro atoms. The lowest BCUT2D eigenvalue weighted by molar-refractivity contribution is -0.105. The van der Waals surface area contributed by atoms with Crippen molar-refractivity contribution in [3.63, 3.8) is 0 Å². The molecule has 2 aromatic carbocycles. The van der Waals surface area contributed by atoms with Crippen molar-refractivity contribution in [2.75, 3.05) is 0 Å². The zero-order valence-electron chi connectivity index (χ0n) is 13.1. The highest BCUT2D eigenvalue weighted by molar-refractivity contribution is 6.12. The van der Waals surface area contributed by atoms with Crippen molar-refractivity contribution in [3.05, 3.63) is 76.9 Å². The highest BCUT2D eigenvalue weighted by Crippen LogP contribution is 2.33. The summed E-state index contributed by atoms with van der Waals surface area (Å²) in [4.78, 5) is 24.4. The maximum absolute atomic E-state index is 12.9. The summed E-state index contributed by atoms with van der Waals surface area (Å²) in [5, 5.41) is 0. The number of rotatable bonds is 4. The molecule has 0 fully saturated rings. The molecule has 116 valence electrons. The van der Waals surface area contributed by atoms with Crippen molar-refractivity contribution < 1.29 is 9.59 Å². The van der Waals surface area contributed by atoms with Gasteiger partial charge in [-0.15, -0.1) is 0 Å². The highest BCUT2D eigenvalue weighted by atomic mass is 16.1. The Bertz CT molecular complexity index is 741. The molecule has 0 saturated carbocycles.